The van der Waals surface area contributed by atoms with Crippen molar-refractivity contribution in [3.63, 3.8) is 0 Å². The van der Waals surface area contributed by atoms with Gasteiger partial charge in [-0.1, -0.05) is 48.0 Å². The Labute approximate surface area is 196 Å². The van der Waals surface area contributed by atoms with E-state index in [1.165, 1.54) is 21.6 Å². The van der Waals surface area contributed by atoms with Crippen molar-refractivity contribution in [2.45, 2.75) is 12.8 Å². The number of piperazine rings is 1. The molecule has 2 heterocycles. The SMILES string of the molecule is O=C(CN1CCN(C(=O)c2cc3c(s2)-c2ccccc2CC3)CC1)Nc1ccccc1Cl. The van der Waals surface area contributed by atoms with Crippen LogP contribution in [0.1, 0.15) is 20.8 Å². The summed E-state index contributed by atoms with van der Waals surface area (Å²) in [7, 11) is 0. The van der Waals surface area contributed by atoms with Crippen molar-refractivity contribution in [1.29, 1.82) is 0 Å². The van der Waals surface area contributed by atoms with Crippen LogP contribution < -0.4 is 5.32 Å². The van der Waals surface area contributed by atoms with Gasteiger partial charge in [-0.3, -0.25) is 14.5 Å². The van der Waals surface area contributed by atoms with Gasteiger partial charge in [0.05, 0.1) is 22.1 Å². The second kappa shape index (κ2) is 9.06. The Morgan fingerprint density at radius 3 is 2.47 bits per heavy atom. The Kier molecular flexibility index (Phi) is 6.00. The van der Waals surface area contributed by atoms with Crippen LogP contribution in [0.15, 0.2) is 54.6 Å². The largest absolute Gasteiger partial charge is 0.335 e. The zero-order valence-corrected chi connectivity index (χ0v) is 19.2. The first kappa shape index (κ1) is 21.2. The van der Waals surface area contributed by atoms with Crippen LogP contribution in [0.5, 0.6) is 0 Å². The third-order valence-corrected chi connectivity index (χ3v) is 7.65. The van der Waals surface area contributed by atoms with E-state index in [0.717, 1.165) is 17.7 Å². The molecule has 164 valence electrons. The van der Waals surface area contributed by atoms with E-state index in [2.05, 4.69) is 40.5 Å². The van der Waals surface area contributed by atoms with Crippen LogP contribution in [0.4, 0.5) is 5.69 Å². The van der Waals surface area contributed by atoms with Gasteiger partial charge in [-0.2, -0.15) is 0 Å². The topological polar surface area (TPSA) is 52.7 Å². The molecule has 2 aromatic carbocycles. The average molecular weight is 466 g/mol. The van der Waals surface area contributed by atoms with Crippen LogP contribution in [0.25, 0.3) is 10.4 Å². The lowest BCUT2D eigenvalue weighted by Crippen LogP contribution is -2.50. The molecule has 5 nitrogen and oxygen atoms in total. The average Bonchev–Trinajstić information content (AvgIpc) is 3.26. The van der Waals surface area contributed by atoms with Crippen molar-refractivity contribution in [3.05, 3.63) is 75.6 Å². The lowest BCUT2D eigenvalue weighted by atomic mass is 9.91. The zero-order valence-electron chi connectivity index (χ0n) is 17.6. The van der Waals surface area contributed by atoms with Crippen molar-refractivity contribution >= 4 is 40.4 Å². The number of benzene rings is 2. The maximum absolute atomic E-state index is 13.2. The van der Waals surface area contributed by atoms with E-state index in [1.807, 2.05) is 17.0 Å². The highest BCUT2D eigenvalue weighted by molar-refractivity contribution is 7.17. The fourth-order valence-electron chi connectivity index (χ4n) is 4.40. The second-order valence-electron chi connectivity index (χ2n) is 8.22. The quantitative estimate of drug-likeness (QED) is 0.614. The van der Waals surface area contributed by atoms with Gasteiger partial charge in [-0.25, -0.2) is 0 Å². The summed E-state index contributed by atoms with van der Waals surface area (Å²) >= 11 is 7.73. The molecule has 1 N–H and O–H groups in total. The Morgan fingerprint density at radius 1 is 0.938 bits per heavy atom. The van der Waals surface area contributed by atoms with E-state index in [1.54, 1.807) is 23.5 Å². The number of nitrogens with one attached hydrogen (secondary N) is 1. The molecule has 0 spiro atoms. The molecule has 1 aliphatic heterocycles. The van der Waals surface area contributed by atoms with E-state index < -0.39 is 0 Å². The molecule has 1 fully saturated rings. The highest BCUT2D eigenvalue weighted by atomic mass is 35.5. The molecule has 32 heavy (non-hydrogen) atoms. The first-order valence-corrected chi connectivity index (χ1v) is 12.0. The van der Waals surface area contributed by atoms with Crippen LogP contribution in [0, 0.1) is 0 Å². The van der Waals surface area contributed by atoms with Crippen molar-refractivity contribution in [1.82, 2.24) is 9.80 Å². The number of fused-ring (bicyclic) bond motifs is 3. The lowest BCUT2D eigenvalue weighted by Gasteiger charge is -2.34. The fraction of sp³-hybridized carbons (Fsp3) is 0.280. The number of rotatable bonds is 4. The molecular weight excluding hydrogens is 442 g/mol. The van der Waals surface area contributed by atoms with E-state index in [0.29, 0.717) is 36.9 Å². The Morgan fingerprint density at radius 2 is 1.66 bits per heavy atom. The van der Waals surface area contributed by atoms with Crippen LogP contribution in [-0.2, 0) is 17.6 Å². The Balaban J connectivity index is 1.18. The number of carbonyl (C=O) groups excluding carboxylic acids is 2. The summed E-state index contributed by atoms with van der Waals surface area (Å²) in [6.07, 6.45) is 2.02. The summed E-state index contributed by atoms with van der Waals surface area (Å²) in [5.74, 6) is 0.00419. The number of halogens is 1. The van der Waals surface area contributed by atoms with Gasteiger partial charge in [0.2, 0.25) is 5.91 Å². The number of nitrogens with zero attached hydrogens (tertiary/aromatic N) is 2. The van der Waals surface area contributed by atoms with Crippen molar-refractivity contribution in [2.24, 2.45) is 0 Å². The van der Waals surface area contributed by atoms with Gasteiger partial charge in [-0.05, 0) is 47.7 Å². The van der Waals surface area contributed by atoms with E-state index in [-0.39, 0.29) is 18.4 Å². The molecule has 0 unspecified atom stereocenters. The fourth-order valence-corrected chi connectivity index (χ4v) is 5.82. The van der Waals surface area contributed by atoms with Gasteiger partial charge in [0, 0.05) is 31.1 Å². The minimum absolute atomic E-state index is 0.0949. The smallest absolute Gasteiger partial charge is 0.264 e. The van der Waals surface area contributed by atoms with Gasteiger partial charge < -0.3 is 10.2 Å². The van der Waals surface area contributed by atoms with Gasteiger partial charge >= 0.3 is 0 Å². The predicted octanol–water partition coefficient (Wildman–Crippen LogP) is 4.56. The molecule has 2 amide bonds. The van der Waals surface area contributed by atoms with Crippen LogP contribution in [-0.4, -0.2) is 54.3 Å². The van der Waals surface area contributed by atoms with Crippen LogP contribution in [0.3, 0.4) is 0 Å². The number of amides is 2. The summed E-state index contributed by atoms with van der Waals surface area (Å²) in [5.41, 5.74) is 4.54. The molecule has 0 atom stereocenters. The maximum Gasteiger partial charge on any atom is 0.264 e. The molecule has 0 radical (unpaired) electrons. The first-order valence-electron chi connectivity index (χ1n) is 10.9. The second-order valence-corrected chi connectivity index (χ2v) is 9.68. The molecule has 1 aromatic heterocycles. The third kappa shape index (κ3) is 4.31. The van der Waals surface area contributed by atoms with E-state index >= 15 is 0 Å². The number of aryl methyl sites for hydroxylation is 2. The van der Waals surface area contributed by atoms with Crippen LogP contribution in [0.2, 0.25) is 5.02 Å². The standard InChI is InChI=1S/C25H24ClN3O2S/c26-20-7-3-4-8-21(20)27-23(30)16-28-11-13-29(14-12-28)25(31)22-15-18-10-9-17-5-1-2-6-19(17)24(18)32-22/h1-8,15H,9-14,16H2,(H,27,30). The maximum atomic E-state index is 13.2. The Hall–Kier alpha value is -2.67. The van der Waals surface area contributed by atoms with Gasteiger partial charge in [0.15, 0.2) is 0 Å². The first-order chi connectivity index (χ1) is 15.6. The number of hydrogen-bond acceptors (Lipinski definition) is 4. The summed E-state index contributed by atoms with van der Waals surface area (Å²) in [6, 6.07) is 17.8. The third-order valence-electron chi connectivity index (χ3n) is 6.12. The predicted molar refractivity (Wildman–Crippen MR) is 130 cm³/mol. The summed E-state index contributed by atoms with van der Waals surface area (Å²) in [4.78, 5) is 31.6. The zero-order chi connectivity index (χ0) is 22.1. The summed E-state index contributed by atoms with van der Waals surface area (Å²) < 4.78 is 0. The molecule has 3 aromatic rings. The molecule has 0 saturated carbocycles. The Bertz CT molecular complexity index is 1170. The van der Waals surface area contributed by atoms with Crippen molar-refractivity contribution in [2.75, 3.05) is 38.0 Å². The molecular formula is C25H24ClN3O2S. The monoisotopic (exact) mass is 465 g/mol. The number of anilines is 1. The summed E-state index contributed by atoms with van der Waals surface area (Å²) in [5, 5.41) is 3.39. The number of para-hydroxylation sites is 1. The normalized spacial score (nSPS) is 15.7. The minimum Gasteiger partial charge on any atom is -0.335 e. The molecule has 0 bridgehead atoms. The highest BCUT2D eigenvalue weighted by Gasteiger charge is 2.27. The van der Waals surface area contributed by atoms with E-state index in [4.69, 9.17) is 11.6 Å². The molecule has 7 heteroatoms. The number of hydrogen-bond donors (Lipinski definition) is 1. The van der Waals surface area contributed by atoms with Crippen LogP contribution >= 0.6 is 22.9 Å². The van der Waals surface area contributed by atoms with Gasteiger partial charge in [0.1, 0.15) is 0 Å². The molecule has 1 aliphatic carbocycles. The van der Waals surface area contributed by atoms with Crippen molar-refractivity contribution in [3.8, 4) is 10.4 Å². The molecule has 1 saturated heterocycles. The number of thiophene rings is 1. The lowest BCUT2D eigenvalue weighted by molar-refractivity contribution is -0.117. The molecule has 2 aliphatic rings. The van der Waals surface area contributed by atoms with Gasteiger partial charge in [0.25, 0.3) is 5.91 Å². The summed E-state index contributed by atoms with van der Waals surface area (Å²) in [6.45, 7) is 2.89. The van der Waals surface area contributed by atoms with Gasteiger partial charge in [-0.15, -0.1) is 11.3 Å². The minimum atomic E-state index is -0.0949. The molecule has 5 rings (SSSR count). The number of carbonyl (C=O) groups is 2. The van der Waals surface area contributed by atoms with E-state index in [9.17, 15) is 9.59 Å². The highest BCUT2D eigenvalue weighted by Crippen LogP contribution is 2.39. The van der Waals surface area contributed by atoms with Crippen molar-refractivity contribution < 1.29 is 9.59 Å².